The molecule has 2 N–H and O–H groups in total. The van der Waals surface area contributed by atoms with Gasteiger partial charge in [0.1, 0.15) is 12.4 Å². The molecule has 22 heavy (non-hydrogen) atoms. The Morgan fingerprint density at radius 1 is 1.27 bits per heavy atom. The van der Waals surface area contributed by atoms with Crippen molar-refractivity contribution < 1.29 is 14.3 Å². The summed E-state index contributed by atoms with van der Waals surface area (Å²) in [5.41, 5.74) is 0.854. The first-order valence-electron chi connectivity index (χ1n) is 7.26. The molecule has 0 aliphatic carbocycles. The lowest BCUT2D eigenvalue weighted by Crippen LogP contribution is -2.42. The van der Waals surface area contributed by atoms with Crippen molar-refractivity contribution in [1.82, 2.24) is 5.32 Å². The number of furan rings is 1. The van der Waals surface area contributed by atoms with Gasteiger partial charge in [0.25, 0.3) is 0 Å². The van der Waals surface area contributed by atoms with Crippen LogP contribution in [0.2, 0.25) is 5.02 Å². The van der Waals surface area contributed by atoms with Gasteiger partial charge in [-0.1, -0.05) is 23.7 Å². The van der Waals surface area contributed by atoms with Crippen LogP contribution in [0.25, 0.3) is 0 Å². The fourth-order valence-corrected chi connectivity index (χ4v) is 2.22. The first-order valence-corrected chi connectivity index (χ1v) is 7.64. The molecule has 1 atom stereocenters. The van der Waals surface area contributed by atoms with Crippen molar-refractivity contribution in [2.45, 2.75) is 32.1 Å². The third-order valence-electron chi connectivity index (χ3n) is 3.48. The summed E-state index contributed by atoms with van der Waals surface area (Å²) in [5.74, 6) is 0.752. The van der Waals surface area contributed by atoms with E-state index in [0.29, 0.717) is 18.2 Å². The van der Waals surface area contributed by atoms with Gasteiger partial charge in [0.05, 0.1) is 19.0 Å². The Balaban J connectivity index is 1.74. The number of halogens is 1. The minimum Gasteiger partial charge on any atom is -0.467 e. The predicted octanol–water partition coefficient (Wildman–Crippen LogP) is 3.34. The number of rotatable bonds is 8. The Hall–Kier alpha value is -1.33. The Morgan fingerprint density at radius 2 is 2.00 bits per heavy atom. The summed E-state index contributed by atoms with van der Waals surface area (Å²) in [6.07, 6.45) is 1.02. The van der Waals surface area contributed by atoms with E-state index in [4.69, 9.17) is 20.8 Å². The minimum absolute atomic E-state index is 0.254. The topological polar surface area (TPSA) is 54.6 Å². The van der Waals surface area contributed by atoms with Gasteiger partial charge in [-0.15, -0.1) is 0 Å². The minimum atomic E-state index is -0.582. The van der Waals surface area contributed by atoms with Crippen LogP contribution in [-0.2, 0) is 16.9 Å². The highest BCUT2D eigenvalue weighted by Gasteiger charge is 2.20. The summed E-state index contributed by atoms with van der Waals surface area (Å²) in [7, 11) is 0. The average molecular weight is 324 g/mol. The highest BCUT2D eigenvalue weighted by Crippen LogP contribution is 2.21. The van der Waals surface area contributed by atoms with E-state index >= 15 is 0 Å². The van der Waals surface area contributed by atoms with E-state index in [9.17, 15) is 5.11 Å². The maximum atomic E-state index is 9.99. The van der Waals surface area contributed by atoms with Crippen molar-refractivity contribution in [3.05, 3.63) is 59.0 Å². The number of benzene rings is 1. The molecule has 0 aliphatic heterocycles. The monoisotopic (exact) mass is 323 g/mol. The Morgan fingerprint density at radius 3 is 2.64 bits per heavy atom. The highest BCUT2D eigenvalue weighted by atomic mass is 35.5. The molecule has 0 spiro atoms. The van der Waals surface area contributed by atoms with E-state index in [1.54, 1.807) is 6.26 Å². The van der Waals surface area contributed by atoms with Gasteiger partial charge >= 0.3 is 0 Å². The van der Waals surface area contributed by atoms with Crippen LogP contribution in [0.15, 0.2) is 47.1 Å². The van der Waals surface area contributed by atoms with Gasteiger partial charge in [-0.05, 0) is 43.7 Å². The van der Waals surface area contributed by atoms with Crippen molar-refractivity contribution in [2.75, 3.05) is 13.2 Å². The third kappa shape index (κ3) is 5.14. The van der Waals surface area contributed by atoms with Crippen LogP contribution < -0.4 is 5.32 Å². The summed E-state index contributed by atoms with van der Waals surface area (Å²) >= 11 is 5.90. The first kappa shape index (κ1) is 17.0. The molecular formula is C17H22ClNO3. The maximum Gasteiger partial charge on any atom is 0.129 e. The molecule has 1 heterocycles. The molecule has 4 nitrogen and oxygen atoms in total. The molecule has 1 unspecified atom stereocenters. The van der Waals surface area contributed by atoms with Gasteiger partial charge in [0.15, 0.2) is 0 Å². The van der Waals surface area contributed by atoms with Crippen LogP contribution in [0.5, 0.6) is 0 Å². The number of ether oxygens (including phenoxy) is 1. The second-order valence-corrected chi connectivity index (χ2v) is 6.20. The molecule has 120 valence electrons. The molecule has 5 heteroatoms. The van der Waals surface area contributed by atoms with E-state index < -0.39 is 6.10 Å². The number of nitrogens with one attached hydrogen (secondary N) is 1. The normalized spacial score (nSPS) is 13.3. The van der Waals surface area contributed by atoms with Gasteiger partial charge in [-0.25, -0.2) is 0 Å². The lowest BCUT2D eigenvalue weighted by Gasteiger charge is -2.28. The fourth-order valence-electron chi connectivity index (χ4n) is 2.09. The van der Waals surface area contributed by atoms with Gasteiger partial charge in [-0.2, -0.15) is 0 Å². The van der Waals surface area contributed by atoms with E-state index in [1.807, 2.05) is 36.4 Å². The molecule has 1 aromatic heterocycles. The standard InChI is InChI=1S/C17H22ClNO3/c1-17(2,13-5-7-14(18)8-6-13)19-10-15(20)11-21-12-16-4-3-9-22-16/h3-9,15,19-20H,10-12H2,1-2H3. The number of hydrogen-bond donors (Lipinski definition) is 2. The molecule has 0 aliphatic rings. The van der Waals surface area contributed by atoms with Crippen LogP contribution in [0.4, 0.5) is 0 Å². The SMILES string of the molecule is CC(C)(NCC(O)COCc1ccco1)c1ccc(Cl)cc1. The van der Waals surface area contributed by atoms with Crippen molar-refractivity contribution in [3.63, 3.8) is 0 Å². The zero-order valence-electron chi connectivity index (χ0n) is 12.9. The van der Waals surface area contributed by atoms with Gasteiger partial charge in [-0.3, -0.25) is 0 Å². The third-order valence-corrected chi connectivity index (χ3v) is 3.73. The lowest BCUT2D eigenvalue weighted by atomic mass is 9.94. The van der Waals surface area contributed by atoms with Crippen molar-refractivity contribution in [1.29, 1.82) is 0 Å². The number of aliphatic hydroxyl groups is 1. The number of hydrogen-bond acceptors (Lipinski definition) is 4. The molecule has 0 saturated heterocycles. The van der Waals surface area contributed by atoms with Gasteiger partial charge in [0.2, 0.25) is 0 Å². The zero-order valence-corrected chi connectivity index (χ0v) is 13.6. The largest absolute Gasteiger partial charge is 0.467 e. The molecule has 2 rings (SSSR count). The quantitative estimate of drug-likeness (QED) is 0.782. The van der Waals surface area contributed by atoms with Crippen LogP contribution in [-0.4, -0.2) is 24.4 Å². The predicted molar refractivity (Wildman–Crippen MR) is 86.9 cm³/mol. The van der Waals surface area contributed by atoms with Gasteiger partial charge in [0, 0.05) is 17.1 Å². The summed E-state index contributed by atoms with van der Waals surface area (Å²) < 4.78 is 10.6. The summed E-state index contributed by atoms with van der Waals surface area (Å²) in [5, 5.41) is 14.0. The Kier molecular flexibility index (Phi) is 6.03. The summed E-state index contributed by atoms with van der Waals surface area (Å²) in [6.45, 7) is 5.18. The second-order valence-electron chi connectivity index (χ2n) is 5.76. The fraction of sp³-hybridized carbons (Fsp3) is 0.412. The molecule has 0 radical (unpaired) electrons. The lowest BCUT2D eigenvalue weighted by molar-refractivity contribution is 0.0197. The summed E-state index contributed by atoms with van der Waals surface area (Å²) in [6, 6.07) is 11.3. The smallest absolute Gasteiger partial charge is 0.129 e. The molecular weight excluding hydrogens is 302 g/mol. The average Bonchev–Trinajstić information content (AvgIpc) is 2.99. The molecule has 0 amide bonds. The van der Waals surface area contributed by atoms with Crippen LogP contribution in [0, 0.1) is 0 Å². The molecule has 0 fully saturated rings. The van der Waals surface area contributed by atoms with Crippen LogP contribution in [0.1, 0.15) is 25.2 Å². The van der Waals surface area contributed by atoms with Crippen molar-refractivity contribution in [3.8, 4) is 0 Å². The zero-order chi connectivity index (χ0) is 16.0. The van der Waals surface area contributed by atoms with E-state index in [0.717, 1.165) is 11.3 Å². The second kappa shape index (κ2) is 7.79. The molecule has 1 aromatic carbocycles. The van der Waals surface area contributed by atoms with Crippen LogP contribution in [0.3, 0.4) is 0 Å². The van der Waals surface area contributed by atoms with E-state index in [2.05, 4.69) is 19.2 Å². The molecule has 0 bridgehead atoms. The highest BCUT2D eigenvalue weighted by molar-refractivity contribution is 6.30. The maximum absolute atomic E-state index is 9.99. The Bertz CT molecular complexity index is 552. The van der Waals surface area contributed by atoms with Gasteiger partial charge < -0.3 is 19.6 Å². The van der Waals surface area contributed by atoms with E-state index in [-0.39, 0.29) is 12.1 Å². The van der Waals surface area contributed by atoms with Crippen LogP contribution >= 0.6 is 11.6 Å². The summed E-state index contributed by atoms with van der Waals surface area (Å²) in [4.78, 5) is 0. The number of aliphatic hydroxyl groups excluding tert-OH is 1. The molecule has 2 aromatic rings. The Labute approximate surface area is 136 Å². The molecule has 0 saturated carbocycles. The van der Waals surface area contributed by atoms with Crippen molar-refractivity contribution in [2.24, 2.45) is 0 Å². The first-order chi connectivity index (χ1) is 10.5. The van der Waals surface area contributed by atoms with Crippen molar-refractivity contribution >= 4 is 11.6 Å². The van der Waals surface area contributed by atoms with E-state index in [1.165, 1.54) is 0 Å².